The number of benzene rings is 3. The number of hydrogen-bond acceptors (Lipinski definition) is 5. The summed E-state index contributed by atoms with van der Waals surface area (Å²) in [6.45, 7) is 1.12. The summed E-state index contributed by atoms with van der Waals surface area (Å²) >= 11 is 0. The molecule has 1 aliphatic heterocycles. The van der Waals surface area contributed by atoms with E-state index in [4.69, 9.17) is 4.74 Å². The fraction of sp³-hybridized carbons (Fsp3) is 0.240. The van der Waals surface area contributed by atoms with Gasteiger partial charge in [0.2, 0.25) is 15.9 Å². The number of para-hydroxylation sites is 1. The first-order valence-corrected chi connectivity index (χ1v) is 12.4. The summed E-state index contributed by atoms with van der Waals surface area (Å²) in [7, 11) is -3.55. The summed E-state index contributed by atoms with van der Waals surface area (Å²) in [5, 5.41) is 5.82. The first-order valence-electron chi connectivity index (χ1n) is 11.0. The van der Waals surface area contributed by atoms with Crippen LogP contribution in [0.4, 0.5) is 11.4 Å². The number of carbonyl (C=O) groups excluding carboxylic acids is 1. The van der Waals surface area contributed by atoms with Crippen LogP contribution in [0.5, 0.6) is 11.5 Å². The number of carbonyl (C=O) groups is 1. The second kappa shape index (κ2) is 10.5. The van der Waals surface area contributed by atoms with Crippen molar-refractivity contribution >= 4 is 27.3 Å². The standard InChI is InChI=1S/C25H27N3O4S/c29-25(19-26-20-12-14-23(15-13-20)32-22-9-3-1-4-10-22)27-21-8-7-11-24(18-21)33(30,31)28-16-5-2-6-17-28/h1,3-4,7-15,18,26H,2,5-6,16-17,19H2,(H,27,29). The Labute approximate surface area is 194 Å². The molecule has 0 radical (unpaired) electrons. The maximum absolute atomic E-state index is 12.9. The van der Waals surface area contributed by atoms with Gasteiger partial charge in [0.05, 0.1) is 11.4 Å². The summed E-state index contributed by atoms with van der Waals surface area (Å²) in [6, 6.07) is 23.2. The third kappa shape index (κ3) is 6.12. The third-order valence-electron chi connectivity index (χ3n) is 5.36. The minimum Gasteiger partial charge on any atom is -0.457 e. The molecule has 0 bridgehead atoms. The van der Waals surface area contributed by atoms with Crippen LogP contribution in [0.2, 0.25) is 0 Å². The number of anilines is 2. The molecule has 4 rings (SSSR count). The number of hydrogen-bond donors (Lipinski definition) is 2. The van der Waals surface area contributed by atoms with Gasteiger partial charge in [-0.05, 0) is 67.4 Å². The molecule has 0 aromatic heterocycles. The normalized spacial score (nSPS) is 14.4. The van der Waals surface area contributed by atoms with Crippen LogP contribution in [-0.4, -0.2) is 38.3 Å². The van der Waals surface area contributed by atoms with Crippen molar-refractivity contribution in [1.29, 1.82) is 0 Å². The zero-order chi connectivity index (χ0) is 23.1. The van der Waals surface area contributed by atoms with Crippen molar-refractivity contribution in [2.75, 3.05) is 30.3 Å². The van der Waals surface area contributed by atoms with Gasteiger partial charge >= 0.3 is 0 Å². The lowest BCUT2D eigenvalue weighted by Crippen LogP contribution is -2.35. The lowest BCUT2D eigenvalue weighted by atomic mass is 10.2. The monoisotopic (exact) mass is 465 g/mol. The van der Waals surface area contributed by atoms with Crippen LogP contribution in [-0.2, 0) is 14.8 Å². The Morgan fingerprint density at radius 1 is 0.818 bits per heavy atom. The van der Waals surface area contributed by atoms with Crippen molar-refractivity contribution in [2.24, 2.45) is 0 Å². The van der Waals surface area contributed by atoms with Crippen molar-refractivity contribution in [3.63, 3.8) is 0 Å². The number of ether oxygens (including phenoxy) is 1. The van der Waals surface area contributed by atoms with Crippen LogP contribution < -0.4 is 15.4 Å². The summed E-state index contributed by atoms with van der Waals surface area (Å²) in [4.78, 5) is 12.6. The van der Waals surface area contributed by atoms with E-state index in [1.54, 1.807) is 18.2 Å². The number of amides is 1. The van der Waals surface area contributed by atoms with E-state index in [9.17, 15) is 13.2 Å². The Bertz CT molecular complexity index is 1180. The van der Waals surface area contributed by atoms with Crippen LogP contribution in [0, 0.1) is 0 Å². The van der Waals surface area contributed by atoms with Crippen LogP contribution in [0.1, 0.15) is 19.3 Å². The molecule has 1 heterocycles. The van der Waals surface area contributed by atoms with Crippen LogP contribution in [0.15, 0.2) is 83.8 Å². The van der Waals surface area contributed by atoms with E-state index < -0.39 is 10.0 Å². The Morgan fingerprint density at radius 2 is 1.52 bits per heavy atom. The maximum atomic E-state index is 12.9. The average molecular weight is 466 g/mol. The fourth-order valence-corrected chi connectivity index (χ4v) is 5.21. The molecule has 0 unspecified atom stereocenters. The Kier molecular flexibility index (Phi) is 7.26. The van der Waals surface area contributed by atoms with Gasteiger partial charge in [-0.3, -0.25) is 4.79 Å². The van der Waals surface area contributed by atoms with E-state index in [1.165, 1.54) is 10.4 Å². The molecule has 1 saturated heterocycles. The van der Waals surface area contributed by atoms with Gasteiger partial charge in [-0.25, -0.2) is 8.42 Å². The largest absolute Gasteiger partial charge is 0.457 e. The number of rotatable bonds is 8. The van der Waals surface area contributed by atoms with E-state index in [-0.39, 0.29) is 17.3 Å². The van der Waals surface area contributed by atoms with Crippen LogP contribution in [0.25, 0.3) is 0 Å². The average Bonchev–Trinajstić information content (AvgIpc) is 2.85. The van der Waals surface area contributed by atoms with Gasteiger partial charge in [0.25, 0.3) is 0 Å². The number of nitrogens with one attached hydrogen (secondary N) is 2. The number of piperidine rings is 1. The molecular formula is C25H27N3O4S. The topological polar surface area (TPSA) is 87.7 Å². The van der Waals surface area contributed by atoms with Crippen molar-refractivity contribution in [1.82, 2.24) is 4.31 Å². The number of sulfonamides is 1. The zero-order valence-electron chi connectivity index (χ0n) is 18.2. The fourth-order valence-electron chi connectivity index (χ4n) is 3.64. The van der Waals surface area contributed by atoms with Crippen LogP contribution >= 0.6 is 0 Å². The highest BCUT2D eigenvalue weighted by Gasteiger charge is 2.26. The predicted molar refractivity (Wildman–Crippen MR) is 129 cm³/mol. The first-order chi connectivity index (χ1) is 16.0. The molecule has 0 aliphatic carbocycles. The molecule has 0 spiro atoms. The molecule has 1 aliphatic rings. The molecule has 8 heteroatoms. The summed E-state index contributed by atoms with van der Waals surface area (Å²) < 4.78 is 33.0. The second-order valence-corrected chi connectivity index (χ2v) is 9.77. The highest BCUT2D eigenvalue weighted by Crippen LogP contribution is 2.24. The van der Waals surface area contributed by atoms with Crippen LogP contribution in [0.3, 0.4) is 0 Å². The number of nitrogens with zero attached hydrogens (tertiary/aromatic N) is 1. The quantitative estimate of drug-likeness (QED) is 0.503. The summed E-state index contributed by atoms with van der Waals surface area (Å²) in [5.41, 5.74) is 1.22. The molecule has 0 atom stereocenters. The molecule has 3 aromatic carbocycles. The second-order valence-electron chi connectivity index (χ2n) is 7.83. The zero-order valence-corrected chi connectivity index (χ0v) is 19.1. The SMILES string of the molecule is O=C(CNc1ccc(Oc2ccccc2)cc1)Nc1cccc(S(=O)(=O)N2CCCCC2)c1. The van der Waals surface area contributed by atoms with E-state index >= 15 is 0 Å². The minimum atomic E-state index is -3.55. The Balaban J connectivity index is 1.31. The lowest BCUT2D eigenvalue weighted by molar-refractivity contribution is -0.114. The Morgan fingerprint density at radius 3 is 2.24 bits per heavy atom. The molecule has 7 nitrogen and oxygen atoms in total. The van der Waals surface area contributed by atoms with Gasteiger partial charge < -0.3 is 15.4 Å². The summed E-state index contributed by atoms with van der Waals surface area (Å²) in [5.74, 6) is 1.18. The van der Waals surface area contributed by atoms with Gasteiger partial charge in [-0.15, -0.1) is 0 Å². The smallest absolute Gasteiger partial charge is 0.243 e. The van der Waals surface area contributed by atoms with E-state index in [1.807, 2.05) is 54.6 Å². The highest BCUT2D eigenvalue weighted by molar-refractivity contribution is 7.89. The molecule has 172 valence electrons. The lowest BCUT2D eigenvalue weighted by Gasteiger charge is -2.26. The van der Waals surface area contributed by atoms with E-state index in [0.29, 0.717) is 24.5 Å². The minimum absolute atomic E-state index is 0.0436. The van der Waals surface area contributed by atoms with Crippen molar-refractivity contribution in [3.05, 3.63) is 78.9 Å². The molecule has 2 N–H and O–H groups in total. The van der Waals surface area contributed by atoms with Crippen molar-refractivity contribution in [2.45, 2.75) is 24.2 Å². The third-order valence-corrected chi connectivity index (χ3v) is 7.25. The van der Waals surface area contributed by atoms with Gasteiger partial charge in [-0.2, -0.15) is 4.31 Å². The van der Waals surface area contributed by atoms with Crippen molar-refractivity contribution < 1.29 is 17.9 Å². The summed E-state index contributed by atoms with van der Waals surface area (Å²) in [6.07, 6.45) is 2.80. The molecule has 1 amide bonds. The van der Waals surface area contributed by atoms with Gasteiger partial charge in [0, 0.05) is 24.5 Å². The molecule has 0 saturated carbocycles. The van der Waals surface area contributed by atoms with Gasteiger partial charge in [0.1, 0.15) is 11.5 Å². The van der Waals surface area contributed by atoms with Crippen molar-refractivity contribution in [3.8, 4) is 11.5 Å². The molecule has 1 fully saturated rings. The van der Waals surface area contributed by atoms with E-state index in [2.05, 4.69) is 10.6 Å². The molecule has 3 aromatic rings. The highest BCUT2D eigenvalue weighted by atomic mass is 32.2. The van der Waals surface area contributed by atoms with E-state index in [0.717, 1.165) is 30.7 Å². The van der Waals surface area contributed by atoms with Gasteiger partial charge in [0.15, 0.2) is 0 Å². The first kappa shape index (κ1) is 22.8. The maximum Gasteiger partial charge on any atom is 0.243 e. The predicted octanol–water partition coefficient (Wildman–Crippen LogP) is 4.70. The Hall–Kier alpha value is -3.36. The van der Waals surface area contributed by atoms with Gasteiger partial charge in [-0.1, -0.05) is 30.7 Å². The molecule has 33 heavy (non-hydrogen) atoms. The molecular weight excluding hydrogens is 438 g/mol.